The minimum atomic E-state index is -0.169. The molecule has 3 aromatic rings. The van der Waals surface area contributed by atoms with E-state index in [-0.39, 0.29) is 12.5 Å². The van der Waals surface area contributed by atoms with Crippen molar-refractivity contribution >= 4 is 29.1 Å². The third kappa shape index (κ3) is 4.52. The van der Waals surface area contributed by atoms with Crippen LogP contribution in [0.25, 0.3) is 11.3 Å². The first-order chi connectivity index (χ1) is 15.6. The second-order valence-corrected chi connectivity index (χ2v) is 7.66. The van der Waals surface area contributed by atoms with Crippen LogP contribution in [0.3, 0.4) is 0 Å². The summed E-state index contributed by atoms with van der Waals surface area (Å²) >= 11 is 1.50. The minimum Gasteiger partial charge on any atom is -0.493 e. The van der Waals surface area contributed by atoms with Gasteiger partial charge < -0.3 is 19.5 Å². The maximum Gasteiger partial charge on any atom is 0.262 e. The van der Waals surface area contributed by atoms with Crippen molar-refractivity contribution in [2.24, 2.45) is 10.1 Å². The molecule has 0 radical (unpaired) electrons. The Balaban J connectivity index is 1.72. The third-order valence-corrected chi connectivity index (χ3v) is 5.55. The van der Waals surface area contributed by atoms with Crippen LogP contribution in [0.2, 0.25) is 0 Å². The molecule has 0 fully saturated rings. The van der Waals surface area contributed by atoms with E-state index in [0.717, 1.165) is 21.6 Å². The van der Waals surface area contributed by atoms with Crippen LogP contribution in [-0.4, -0.2) is 43.7 Å². The third-order valence-electron chi connectivity index (χ3n) is 4.70. The van der Waals surface area contributed by atoms with Crippen molar-refractivity contribution in [2.45, 2.75) is 13.8 Å². The van der Waals surface area contributed by atoms with E-state index in [9.17, 15) is 4.79 Å². The average molecular weight is 453 g/mol. The number of fused-ring (bicyclic) bond motifs is 1. The monoisotopic (exact) mass is 452 g/mol. The van der Waals surface area contributed by atoms with E-state index in [1.54, 1.807) is 18.0 Å². The Labute approximate surface area is 189 Å². The molecule has 1 amide bonds. The Morgan fingerprint density at radius 2 is 2.09 bits per heavy atom. The molecule has 4 rings (SSSR count). The molecule has 0 bridgehead atoms. The van der Waals surface area contributed by atoms with Gasteiger partial charge in [0.1, 0.15) is 5.75 Å². The quantitative estimate of drug-likeness (QED) is 0.553. The maximum atomic E-state index is 11.7. The number of hydrogen-bond donors (Lipinski definition) is 1. The van der Waals surface area contributed by atoms with Gasteiger partial charge in [0.2, 0.25) is 4.80 Å². The fourth-order valence-electron chi connectivity index (χ4n) is 3.26. The van der Waals surface area contributed by atoms with Crippen molar-refractivity contribution in [2.75, 3.05) is 32.2 Å². The smallest absolute Gasteiger partial charge is 0.262 e. The molecule has 32 heavy (non-hydrogen) atoms. The number of carbonyl (C=O) groups excluding carboxylic acids is 1. The number of hydrogen-bond acceptors (Lipinski definition) is 7. The summed E-state index contributed by atoms with van der Waals surface area (Å²) in [7, 11) is 1.61. The molecule has 1 aliphatic rings. The van der Waals surface area contributed by atoms with Gasteiger partial charge in [-0.3, -0.25) is 9.79 Å². The average Bonchev–Trinajstić information content (AvgIpc) is 3.20. The van der Waals surface area contributed by atoms with Gasteiger partial charge in [0.05, 0.1) is 31.3 Å². The number of amides is 1. The van der Waals surface area contributed by atoms with E-state index >= 15 is 0 Å². The van der Waals surface area contributed by atoms with Gasteiger partial charge in [0.15, 0.2) is 18.1 Å². The number of thiazole rings is 1. The van der Waals surface area contributed by atoms with Crippen LogP contribution < -0.4 is 24.3 Å². The highest BCUT2D eigenvalue weighted by atomic mass is 32.1. The molecule has 0 spiro atoms. The van der Waals surface area contributed by atoms with Crippen molar-refractivity contribution in [1.82, 2.24) is 4.68 Å². The molecule has 1 aromatic heterocycles. The lowest BCUT2D eigenvalue weighted by atomic mass is 10.1. The fourth-order valence-corrected chi connectivity index (χ4v) is 4.16. The highest BCUT2D eigenvalue weighted by Gasteiger charge is 2.17. The second kappa shape index (κ2) is 9.69. The number of nitrogens with one attached hydrogen (secondary N) is 1. The van der Waals surface area contributed by atoms with E-state index in [1.807, 2.05) is 55.6 Å². The predicted octanol–water partition coefficient (Wildman–Crippen LogP) is 3.76. The first-order valence-corrected chi connectivity index (χ1v) is 11.1. The van der Waals surface area contributed by atoms with E-state index in [4.69, 9.17) is 19.3 Å². The van der Waals surface area contributed by atoms with Gasteiger partial charge in [-0.2, -0.15) is 5.10 Å². The summed E-state index contributed by atoms with van der Waals surface area (Å²) in [5.74, 6) is 1.82. The zero-order valence-electron chi connectivity index (χ0n) is 18.1. The highest BCUT2D eigenvalue weighted by molar-refractivity contribution is 7.07. The Bertz CT molecular complexity index is 1230. The Kier molecular flexibility index (Phi) is 6.55. The largest absolute Gasteiger partial charge is 0.493 e. The molecule has 1 N–H and O–H groups in total. The molecule has 0 saturated carbocycles. The molecule has 0 aliphatic carbocycles. The topological polar surface area (TPSA) is 86.4 Å². The van der Waals surface area contributed by atoms with Gasteiger partial charge in [-0.1, -0.05) is 0 Å². The second-order valence-electron chi connectivity index (χ2n) is 6.83. The van der Waals surface area contributed by atoms with Crippen LogP contribution in [-0.2, 0) is 4.79 Å². The summed E-state index contributed by atoms with van der Waals surface area (Å²) in [6.07, 6.45) is 1.76. The number of methoxy groups -OCH3 is 1. The van der Waals surface area contributed by atoms with Crippen molar-refractivity contribution in [3.05, 3.63) is 52.1 Å². The molecule has 2 heterocycles. The van der Waals surface area contributed by atoms with Crippen molar-refractivity contribution in [1.29, 1.82) is 0 Å². The van der Waals surface area contributed by atoms with Crippen LogP contribution in [0, 0.1) is 0 Å². The summed E-state index contributed by atoms with van der Waals surface area (Å²) in [5, 5.41) is 9.55. The lowest BCUT2D eigenvalue weighted by molar-refractivity contribution is -0.118. The van der Waals surface area contributed by atoms with Gasteiger partial charge in [-0.15, -0.1) is 11.3 Å². The van der Waals surface area contributed by atoms with E-state index in [2.05, 4.69) is 10.3 Å². The lowest BCUT2D eigenvalue weighted by Gasteiger charge is -2.18. The lowest BCUT2D eigenvalue weighted by Crippen LogP contribution is -2.25. The minimum absolute atomic E-state index is 0.0279. The van der Waals surface area contributed by atoms with Crippen molar-refractivity contribution in [3.63, 3.8) is 0 Å². The van der Waals surface area contributed by atoms with Crippen LogP contribution >= 0.6 is 11.3 Å². The molecule has 0 unspecified atom stereocenters. The number of aromatic nitrogens is 1. The molecule has 9 heteroatoms. The number of anilines is 1. The van der Waals surface area contributed by atoms with Crippen LogP contribution in [0.15, 0.2) is 51.9 Å². The van der Waals surface area contributed by atoms with Crippen molar-refractivity contribution < 1.29 is 19.0 Å². The molecule has 2 aromatic carbocycles. The van der Waals surface area contributed by atoms with E-state index < -0.39 is 0 Å². The summed E-state index contributed by atoms with van der Waals surface area (Å²) in [5.41, 5.74) is 3.26. The first-order valence-electron chi connectivity index (χ1n) is 10.3. The highest BCUT2D eigenvalue weighted by Crippen LogP contribution is 2.33. The van der Waals surface area contributed by atoms with Gasteiger partial charge in [-0.25, -0.2) is 4.68 Å². The normalized spacial score (nSPS) is 13.6. The predicted molar refractivity (Wildman–Crippen MR) is 125 cm³/mol. The fraction of sp³-hybridized carbons (Fsp3) is 0.261. The molecular formula is C23H24N4O4S. The Morgan fingerprint density at radius 1 is 1.22 bits per heavy atom. The molecule has 1 aliphatic heterocycles. The Hall–Kier alpha value is -3.59. The molecular weight excluding hydrogens is 428 g/mol. The summed E-state index contributed by atoms with van der Waals surface area (Å²) in [4.78, 5) is 17.0. The SMILES string of the molecule is CCN=c1scc(-c2ccc3c(c2)NC(=O)CO3)n1N=Cc1ccc(OCC)c(OC)c1. The number of benzene rings is 2. The number of rotatable bonds is 7. The Morgan fingerprint density at radius 3 is 2.88 bits per heavy atom. The number of carbonyl (C=O) groups is 1. The van der Waals surface area contributed by atoms with E-state index in [0.29, 0.717) is 36.1 Å². The molecule has 0 atom stereocenters. The molecule has 8 nitrogen and oxygen atoms in total. The molecule has 166 valence electrons. The zero-order valence-corrected chi connectivity index (χ0v) is 18.9. The maximum absolute atomic E-state index is 11.7. The van der Waals surface area contributed by atoms with Crippen LogP contribution in [0.5, 0.6) is 17.2 Å². The van der Waals surface area contributed by atoms with Crippen molar-refractivity contribution in [3.8, 4) is 28.5 Å². The standard InChI is InChI=1S/C23H24N4O4S/c1-4-24-23-27(25-12-15-6-8-20(30-5-2)21(10-15)29-3)18(14-32-23)16-7-9-19-17(11-16)26-22(28)13-31-19/h6-12,14H,4-5,13H2,1-3H3,(H,26,28). The molecule has 0 saturated heterocycles. The first kappa shape index (κ1) is 21.6. The summed E-state index contributed by atoms with van der Waals surface area (Å²) < 4.78 is 18.3. The van der Waals surface area contributed by atoms with Gasteiger partial charge in [0.25, 0.3) is 5.91 Å². The van der Waals surface area contributed by atoms with Gasteiger partial charge in [-0.05, 0) is 55.8 Å². The van der Waals surface area contributed by atoms with Gasteiger partial charge in [0, 0.05) is 17.5 Å². The summed E-state index contributed by atoms with van der Waals surface area (Å²) in [6, 6.07) is 11.3. The van der Waals surface area contributed by atoms with E-state index in [1.165, 1.54) is 11.3 Å². The van der Waals surface area contributed by atoms with Crippen LogP contribution in [0.4, 0.5) is 5.69 Å². The zero-order chi connectivity index (χ0) is 22.5. The number of nitrogens with zero attached hydrogens (tertiary/aromatic N) is 3. The summed E-state index contributed by atoms with van der Waals surface area (Å²) in [6.45, 7) is 5.14. The van der Waals surface area contributed by atoms with Crippen LogP contribution in [0.1, 0.15) is 19.4 Å². The van der Waals surface area contributed by atoms with Gasteiger partial charge >= 0.3 is 0 Å². The number of ether oxygens (including phenoxy) is 3.